The molecule has 0 radical (unpaired) electrons. The van der Waals surface area contributed by atoms with Gasteiger partial charge in [-0.1, -0.05) is 46.3 Å². The van der Waals surface area contributed by atoms with Crippen molar-refractivity contribution >= 4 is 37.8 Å². The van der Waals surface area contributed by atoms with E-state index in [-0.39, 0.29) is 36.2 Å². The Balaban J connectivity index is 2.09. The van der Waals surface area contributed by atoms with Gasteiger partial charge in [0.2, 0.25) is 21.8 Å². The van der Waals surface area contributed by atoms with Crippen molar-refractivity contribution in [2.45, 2.75) is 63.6 Å². The standard InChI is InChI=1S/C25H34BrN3O4S/c1-19(24(31)27-25(2,3)4)29(18-20-13-15-21(26)16-14-20)23(30)12-9-17-28(5)34(32,33)22-10-7-6-8-11-22/h6-8,10-11,13-16,19H,9,12,17-18H2,1-5H3,(H,27,31)/t19-/m1/s1. The van der Waals surface area contributed by atoms with Gasteiger partial charge in [-0.15, -0.1) is 0 Å². The second kappa shape index (κ2) is 12.0. The van der Waals surface area contributed by atoms with Gasteiger partial charge in [-0.05, 0) is 63.9 Å². The van der Waals surface area contributed by atoms with Gasteiger partial charge in [-0.3, -0.25) is 9.59 Å². The van der Waals surface area contributed by atoms with Gasteiger partial charge >= 0.3 is 0 Å². The van der Waals surface area contributed by atoms with E-state index < -0.39 is 21.6 Å². The maximum Gasteiger partial charge on any atom is 0.242 e. The van der Waals surface area contributed by atoms with E-state index in [0.29, 0.717) is 6.42 Å². The second-order valence-corrected chi connectivity index (χ2v) is 12.3. The number of hydrogen-bond acceptors (Lipinski definition) is 4. The summed E-state index contributed by atoms with van der Waals surface area (Å²) in [4.78, 5) is 27.8. The lowest BCUT2D eigenvalue weighted by Gasteiger charge is -2.31. The summed E-state index contributed by atoms with van der Waals surface area (Å²) >= 11 is 3.41. The first-order valence-electron chi connectivity index (χ1n) is 11.2. The van der Waals surface area contributed by atoms with Crippen LogP contribution in [0.3, 0.4) is 0 Å². The van der Waals surface area contributed by atoms with E-state index in [1.54, 1.807) is 42.2 Å². The minimum atomic E-state index is -3.62. The van der Waals surface area contributed by atoms with Crippen molar-refractivity contribution in [1.82, 2.24) is 14.5 Å². The molecule has 2 rings (SSSR count). The first-order chi connectivity index (χ1) is 15.8. The number of nitrogens with one attached hydrogen (secondary N) is 1. The Kier molecular flexibility index (Phi) is 9.84. The molecule has 0 spiro atoms. The fourth-order valence-corrected chi connectivity index (χ4v) is 4.83. The Hall–Kier alpha value is -2.23. The van der Waals surface area contributed by atoms with Crippen LogP contribution in [0, 0.1) is 0 Å². The third-order valence-corrected chi connectivity index (χ3v) is 7.65. The highest BCUT2D eigenvalue weighted by atomic mass is 79.9. The van der Waals surface area contributed by atoms with Crippen molar-refractivity contribution < 1.29 is 18.0 Å². The number of rotatable bonds is 10. The lowest BCUT2D eigenvalue weighted by Crippen LogP contribution is -2.52. The van der Waals surface area contributed by atoms with Crippen LogP contribution in [0.1, 0.15) is 46.1 Å². The Labute approximate surface area is 211 Å². The summed E-state index contributed by atoms with van der Waals surface area (Å²) < 4.78 is 27.6. The van der Waals surface area contributed by atoms with Gasteiger partial charge in [0.15, 0.2) is 0 Å². The Morgan fingerprint density at radius 3 is 2.18 bits per heavy atom. The van der Waals surface area contributed by atoms with E-state index in [9.17, 15) is 18.0 Å². The minimum Gasteiger partial charge on any atom is -0.350 e. The summed E-state index contributed by atoms with van der Waals surface area (Å²) in [7, 11) is -2.11. The highest BCUT2D eigenvalue weighted by molar-refractivity contribution is 9.10. The topological polar surface area (TPSA) is 86.8 Å². The molecule has 2 aromatic carbocycles. The van der Waals surface area contributed by atoms with Crippen molar-refractivity contribution in [3.8, 4) is 0 Å². The molecule has 0 saturated heterocycles. The van der Waals surface area contributed by atoms with Gasteiger partial charge < -0.3 is 10.2 Å². The van der Waals surface area contributed by atoms with Crippen LogP contribution in [0.25, 0.3) is 0 Å². The zero-order valence-electron chi connectivity index (χ0n) is 20.4. The minimum absolute atomic E-state index is 0.123. The Morgan fingerprint density at radius 2 is 1.62 bits per heavy atom. The van der Waals surface area contributed by atoms with Gasteiger partial charge in [0.05, 0.1) is 4.90 Å². The molecule has 0 bridgehead atoms. The van der Waals surface area contributed by atoms with Gasteiger partial charge in [-0.2, -0.15) is 0 Å². The first-order valence-corrected chi connectivity index (χ1v) is 13.4. The molecule has 34 heavy (non-hydrogen) atoms. The number of benzene rings is 2. The molecular formula is C25H34BrN3O4S. The lowest BCUT2D eigenvalue weighted by molar-refractivity contribution is -0.141. The summed E-state index contributed by atoms with van der Waals surface area (Å²) in [6, 6.07) is 15.1. The van der Waals surface area contributed by atoms with E-state index in [1.165, 1.54) is 11.4 Å². The molecule has 186 valence electrons. The zero-order valence-corrected chi connectivity index (χ0v) is 22.8. The Bertz CT molecular complexity index is 1070. The predicted molar refractivity (Wildman–Crippen MR) is 138 cm³/mol. The van der Waals surface area contributed by atoms with Crippen molar-refractivity contribution in [3.63, 3.8) is 0 Å². The molecule has 1 N–H and O–H groups in total. The molecule has 0 saturated carbocycles. The molecule has 7 nitrogen and oxygen atoms in total. The van der Waals surface area contributed by atoms with Crippen molar-refractivity contribution in [2.75, 3.05) is 13.6 Å². The van der Waals surface area contributed by atoms with E-state index in [2.05, 4.69) is 21.2 Å². The van der Waals surface area contributed by atoms with Crippen LogP contribution in [0.4, 0.5) is 0 Å². The molecule has 0 unspecified atom stereocenters. The van der Waals surface area contributed by atoms with Crippen molar-refractivity contribution in [2.24, 2.45) is 0 Å². The smallest absolute Gasteiger partial charge is 0.242 e. The summed E-state index contributed by atoms with van der Waals surface area (Å²) in [6.07, 6.45) is 0.462. The van der Waals surface area contributed by atoms with E-state index in [0.717, 1.165) is 10.0 Å². The molecule has 0 aromatic heterocycles. The van der Waals surface area contributed by atoms with Crippen LogP contribution < -0.4 is 5.32 Å². The van der Waals surface area contributed by atoms with Crippen molar-refractivity contribution in [1.29, 1.82) is 0 Å². The quantitative estimate of drug-likeness (QED) is 0.479. The van der Waals surface area contributed by atoms with Crippen LogP contribution >= 0.6 is 15.9 Å². The molecule has 2 amide bonds. The molecule has 0 fully saturated rings. The average Bonchev–Trinajstić information content (AvgIpc) is 2.77. The fraction of sp³-hybridized carbons (Fsp3) is 0.440. The number of amides is 2. The maximum atomic E-state index is 13.2. The molecule has 0 aliphatic rings. The lowest BCUT2D eigenvalue weighted by atomic mass is 10.1. The second-order valence-electron chi connectivity index (χ2n) is 9.31. The molecule has 0 aliphatic carbocycles. The van der Waals surface area contributed by atoms with E-state index in [4.69, 9.17) is 0 Å². The van der Waals surface area contributed by atoms with Crippen LogP contribution in [-0.4, -0.2) is 54.6 Å². The SMILES string of the molecule is C[C@H](C(=O)NC(C)(C)C)N(Cc1ccc(Br)cc1)C(=O)CCCN(C)S(=O)(=O)c1ccccc1. The summed E-state index contributed by atoms with van der Waals surface area (Å²) in [5.74, 6) is -0.438. The molecule has 0 aliphatic heterocycles. The largest absolute Gasteiger partial charge is 0.350 e. The number of carbonyl (C=O) groups excluding carboxylic acids is 2. The van der Waals surface area contributed by atoms with Gasteiger partial charge in [0, 0.05) is 36.6 Å². The summed E-state index contributed by atoms with van der Waals surface area (Å²) in [5.41, 5.74) is 0.474. The molecule has 0 heterocycles. The fourth-order valence-electron chi connectivity index (χ4n) is 3.33. The summed E-state index contributed by atoms with van der Waals surface area (Å²) in [6.45, 7) is 7.86. The number of sulfonamides is 1. The predicted octanol–water partition coefficient (Wildman–Crippen LogP) is 4.18. The highest BCUT2D eigenvalue weighted by Crippen LogP contribution is 2.17. The van der Waals surface area contributed by atoms with Gasteiger partial charge in [0.1, 0.15) is 6.04 Å². The third kappa shape index (κ3) is 8.21. The van der Waals surface area contributed by atoms with Gasteiger partial charge in [0.25, 0.3) is 0 Å². The van der Waals surface area contributed by atoms with E-state index in [1.807, 2.05) is 45.0 Å². The zero-order chi connectivity index (χ0) is 25.5. The van der Waals surface area contributed by atoms with Crippen LogP contribution in [0.2, 0.25) is 0 Å². The Morgan fingerprint density at radius 1 is 1.03 bits per heavy atom. The number of hydrogen-bond donors (Lipinski definition) is 1. The first kappa shape index (κ1) is 28.0. The third-order valence-electron chi connectivity index (χ3n) is 5.25. The molecule has 9 heteroatoms. The van der Waals surface area contributed by atoms with Crippen LogP contribution in [0.15, 0.2) is 64.0 Å². The maximum absolute atomic E-state index is 13.2. The molecule has 1 atom stereocenters. The molecular weight excluding hydrogens is 518 g/mol. The number of carbonyl (C=O) groups is 2. The van der Waals surface area contributed by atoms with Crippen LogP contribution in [0.5, 0.6) is 0 Å². The van der Waals surface area contributed by atoms with E-state index >= 15 is 0 Å². The highest BCUT2D eigenvalue weighted by Gasteiger charge is 2.28. The average molecular weight is 553 g/mol. The normalized spacial score (nSPS) is 12.9. The number of nitrogens with zero attached hydrogens (tertiary/aromatic N) is 2. The monoisotopic (exact) mass is 551 g/mol. The van der Waals surface area contributed by atoms with Crippen LogP contribution in [-0.2, 0) is 26.2 Å². The van der Waals surface area contributed by atoms with Crippen molar-refractivity contribution in [3.05, 3.63) is 64.6 Å². The molecule has 2 aromatic rings. The summed E-state index contributed by atoms with van der Waals surface area (Å²) in [5, 5.41) is 2.93. The van der Waals surface area contributed by atoms with Gasteiger partial charge in [-0.25, -0.2) is 12.7 Å². The number of halogens is 1.